The lowest BCUT2D eigenvalue weighted by Gasteiger charge is -2.10. The fourth-order valence-corrected chi connectivity index (χ4v) is 1.78. The molecule has 1 aromatic carbocycles. The lowest BCUT2D eigenvalue weighted by Crippen LogP contribution is -2.20. The van der Waals surface area contributed by atoms with Crippen LogP contribution in [0.3, 0.4) is 0 Å². The van der Waals surface area contributed by atoms with Gasteiger partial charge < -0.3 is 24.7 Å². The lowest BCUT2D eigenvalue weighted by molar-refractivity contribution is 0.147. The van der Waals surface area contributed by atoms with Crippen molar-refractivity contribution in [2.24, 2.45) is 0 Å². The maximum Gasteiger partial charge on any atom is 0.160 e. The summed E-state index contributed by atoms with van der Waals surface area (Å²) in [6.45, 7) is 0.912. The number of aromatic hydroxyl groups is 1. The number of ether oxygens (including phenoxy) is 1. The third kappa shape index (κ3) is 3.49. The van der Waals surface area contributed by atoms with Crippen LogP contribution in [0.1, 0.15) is 17.4 Å². The highest BCUT2D eigenvalue weighted by atomic mass is 16.5. The molecule has 5 nitrogen and oxygen atoms in total. The topological polar surface area (TPSA) is 74.9 Å². The van der Waals surface area contributed by atoms with Gasteiger partial charge in [-0.15, -0.1) is 0 Å². The molecule has 0 fully saturated rings. The predicted octanol–water partition coefficient (Wildman–Crippen LogP) is 1.82. The third-order valence-corrected chi connectivity index (χ3v) is 2.78. The second kappa shape index (κ2) is 6.26. The largest absolute Gasteiger partial charge is 0.504 e. The number of phenolic OH excluding ortho intramolecular Hbond substituents is 1. The highest BCUT2D eigenvalue weighted by Gasteiger charge is 2.09. The van der Waals surface area contributed by atoms with E-state index in [0.29, 0.717) is 24.6 Å². The maximum atomic E-state index is 9.80. The van der Waals surface area contributed by atoms with E-state index in [2.05, 4.69) is 5.32 Å². The first-order chi connectivity index (χ1) is 9.20. The first-order valence-corrected chi connectivity index (χ1v) is 5.98. The van der Waals surface area contributed by atoms with Crippen molar-refractivity contribution in [1.29, 1.82) is 0 Å². The summed E-state index contributed by atoms with van der Waals surface area (Å²) in [5.74, 6) is 1.08. The number of nitrogens with one attached hydrogen (secondary N) is 1. The molecule has 5 heteroatoms. The van der Waals surface area contributed by atoms with E-state index in [4.69, 9.17) is 9.15 Å². The minimum atomic E-state index is -0.679. The molecule has 0 aliphatic rings. The van der Waals surface area contributed by atoms with Crippen LogP contribution in [0.2, 0.25) is 0 Å². The number of methoxy groups -OCH3 is 1. The molecule has 0 saturated heterocycles. The Morgan fingerprint density at radius 3 is 2.84 bits per heavy atom. The molecular formula is C14H17NO4. The predicted molar refractivity (Wildman–Crippen MR) is 70.0 cm³/mol. The van der Waals surface area contributed by atoms with E-state index in [9.17, 15) is 10.2 Å². The lowest BCUT2D eigenvalue weighted by atomic mass is 10.2. The molecule has 2 rings (SSSR count). The monoisotopic (exact) mass is 263 g/mol. The van der Waals surface area contributed by atoms with E-state index in [0.717, 1.165) is 5.56 Å². The van der Waals surface area contributed by atoms with Gasteiger partial charge in [-0.05, 0) is 29.8 Å². The summed E-state index contributed by atoms with van der Waals surface area (Å²) in [5.41, 5.74) is 0.907. The summed E-state index contributed by atoms with van der Waals surface area (Å²) in [6.07, 6.45) is 0.849. The average molecular weight is 263 g/mol. The smallest absolute Gasteiger partial charge is 0.160 e. The Hall–Kier alpha value is -1.98. The SMILES string of the molecule is COc1ccc(CNCC(O)c2ccco2)cc1O. The Kier molecular flexibility index (Phi) is 4.43. The standard InChI is InChI=1S/C14H17NO4/c1-18-13-5-4-10(7-11(13)16)8-15-9-12(17)14-3-2-6-19-14/h2-7,12,15-17H,8-9H2,1H3. The Balaban J connectivity index is 1.84. The maximum absolute atomic E-state index is 9.80. The Morgan fingerprint density at radius 2 is 2.21 bits per heavy atom. The normalized spacial score (nSPS) is 12.3. The number of hydrogen-bond donors (Lipinski definition) is 3. The first-order valence-electron chi connectivity index (χ1n) is 5.98. The molecular weight excluding hydrogens is 246 g/mol. The number of furan rings is 1. The van der Waals surface area contributed by atoms with Crippen LogP contribution in [0.25, 0.3) is 0 Å². The van der Waals surface area contributed by atoms with Crippen molar-refractivity contribution in [3.63, 3.8) is 0 Å². The fraction of sp³-hybridized carbons (Fsp3) is 0.286. The second-order valence-corrected chi connectivity index (χ2v) is 4.17. The molecule has 0 aliphatic carbocycles. The van der Waals surface area contributed by atoms with Crippen LogP contribution >= 0.6 is 0 Å². The summed E-state index contributed by atoms with van der Waals surface area (Å²) in [6, 6.07) is 8.65. The number of rotatable bonds is 6. The van der Waals surface area contributed by atoms with E-state index in [1.165, 1.54) is 13.4 Å². The van der Waals surface area contributed by atoms with E-state index >= 15 is 0 Å². The van der Waals surface area contributed by atoms with Crippen molar-refractivity contribution < 1.29 is 19.4 Å². The molecule has 0 saturated carbocycles. The minimum absolute atomic E-state index is 0.105. The van der Waals surface area contributed by atoms with E-state index < -0.39 is 6.10 Å². The zero-order valence-corrected chi connectivity index (χ0v) is 10.7. The van der Waals surface area contributed by atoms with Crippen molar-refractivity contribution in [3.05, 3.63) is 47.9 Å². The molecule has 0 aliphatic heterocycles. The molecule has 3 N–H and O–H groups in total. The highest BCUT2D eigenvalue weighted by molar-refractivity contribution is 5.41. The number of hydrogen-bond acceptors (Lipinski definition) is 5. The van der Waals surface area contributed by atoms with Gasteiger partial charge >= 0.3 is 0 Å². The molecule has 19 heavy (non-hydrogen) atoms. The summed E-state index contributed by atoms with van der Waals surface area (Å²) < 4.78 is 10.1. The van der Waals surface area contributed by atoms with Gasteiger partial charge in [-0.2, -0.15) is 0 Å². The van der Waals surface area contributed by atoms with E-state index in [-0.39, 0.29) is 5.75 Å². The van der Waals surface area contributed by atoms with Crippen LogP contribution in [0.15, 0.2) is 41.0 Å². The van der Waals surface area contributed by atoms with Crippen LogP contribution in [-0.2, 0) is 6.54 Å². The number of aliphatic hydroxyl groups excluding tert-OH is 1. The van der Waals surface area contributed by atoms with Gasteiger partial charge in [0.15, 0.2) is 11.5 Å². The van der Waals surface area contributed by atoms with E-state index in [1.54, 1.807) is 24.3 Å². The summed E-state index contributed by atoms with van der Waals surface area (Å²) in [7, 11) is 1.51. The number of benzene rings is 1. The molecule has 0 spiro atoms. The van der Waals surface area contributed by atoms with Gasteiger partial charge in [-0.25, -0.2) is 0 Å². The van der Waals surface area contributed by atoms with Gasteiger partial charge in [-0.3, -0.25) is 0 Å². The third-order valence-electron chi connectivity index (χ3n) is 2.78. The molecule has 1 aromatic heterocycles. The van der Waals surface area contributed by atoms with E-state index in [1.807, 2.05) is 6.07 Å². The van der Waals surface area contributed by atoms with Crippen LogP contribution < -0.4 is 10.1 Å². The van der Waals surface area contributed by atoms with Crippen molar-refractivity contribution in [3.8, 4) is 11.5 Å². The first kappa shape index (κ1) is 13.5. The van der Waals surface area contributed by atoms with Gasteiger partial charge in [0.25, 0.3) is 0 Å². The highest BCUT2D eigenvalue weighted by Crippen LogP contribution is 2.26. The second-order valence-electron chi connectivity index (χ2n) is 4.17. The van der Waals surface area contributed by atoms with Crippen LogP contribution in [0.4, 0.5) is 0 Å². The molecule has 0 radical (unpaired) electrons. The average Bonchev–Trinajstić information content (AvgIpc) is 2.93. The molecule has 1 atom stereocenters. The summed E-state index contributed by atoms with van der Waals surface area (Å²) >= 11 is 0. The quantitative estimate of drug-likeness (QED) is 0.741. The van der Waals surface area contributed by atoms with Crippen molar-refractivity contribution in [1.82, 2.24) is 5.32 Å². The van der Waals surface area contributed by atoms with Crippen molar-refractivity contribution >= 4 is 0 Å². The van der Waals surface area contributed by atoms with Crippen molar-refractivity contribution in [2.75, 3.05) is 13.7 Å². The molecule has 1 heterocycles. The molecule has 0 bridgehead atoms. The molecule has 102 valence electrons. The zero-order valence-electron chi connectivity index (χ0n) is 10.7. The molecule has 2 aromatic rings. The van der Waals surface area contributed by atoms with Crippen LogP contribution in [0.5, 0.6) is 11.5 Å². The molecule has 1 unspecified atom stereocenters. The van der Waals surface area contributed by atoms with Crippen LogP contribution in [0, 0.1) is 0 Å². The Morgan fingerprint density at radius 1 is 1.37 bits per heavy atom. The van der Waals surface area contributed by atoms with Crippen LogP contribution in [-0.4, -0.2) is 23.9 Å². The zero-order chi connectivity index (χ0) is 13.7. The number of aliphatic hydroxyl groups is 1. The van der Waals surface area contributed by atoms with Gasteiger partial charge in [0, 0.05) is 13.1 Å². The Bertz CT molecular complexity index is 510. The van der Waals surface area contributed by atoms with Gasteiger partial charge in [0.1, 0.15) is 11.9 Å². The summed E-state index contributed by atoms with van der Waals surface area (Å²) in [4.78, 5) is 0. The van der Waals surface area contributed by atoms with Gasteiger partial charge in [0.05, 0.1) is 13.4 Å². The fourth-order valence-electron chi connectivity index (χ4n) is 1.78. The van der Waals surface area contributed by atoms with Gasteiger partial charge in [-0.1, -0.05) is 6.07 Å². The van der Waals surface area contributed by atoms with Gasteiger partial charge in [0.2, 0.25) is 0 Å². The summed E-state index contributed by atoms with van der Waals surface area (Å²) in [5, 5.41) is 22.5. The Labute approximate surface area is 111 Å². The minimum Gasteiger partial charge on any atom is -0.504 e. The van der Waals surface area contributed by atoms with Crippen molar-refractivity contribution in [2.45, 2.75) is 12.6 Å². The molecule has 0 amide bonds. The number of phenols is 1.